The van der Waals surface area contributed by atoms with Gasteiger partial charge in [0.15, 0.2) is 12.0 Å². The van der Waals surface area contributed by atoms with Gasteiger partial charge in [-0.2, -0.15) is 4.98 Å². The van der Waals surface area contributed by atoms with E-state index in [2.05, 4.69) is 10.1 Å². The van der Waals surface area contributed by atoms with Crippen LogP contribution >= 0.6 is 0 Å². The minimum atomic E-state index is 0.343. The van der Waals surface area contributed by atoms with Gasteiger partial charge in [-0.25, -0.2) is 0 Å². The molecule has 2 aromatic heterocycles. The second-order valence-electron chi connectivity index (χ2n) is 1.57. The number of nitrogens with zero attached hydrogens (tertiary/aromatic N) is 3. The summed E-state index contributed by atoms with van der Waals surface area (Å²) in [5, 5.41) is 12.3. The maximum Gasteiger partial charge on any atom is 0.237 e. The summed E-state index contributed by atoms with van der Waals surface area (Å²) in [4.78, 5) is 4.33. The predicted molar refractivity (Wildman–Crippen MR) is 27.0 cm³/mol. The molecule has 0 saturated heterocycles. The van der Waals surface area contributed by atoms with E-state index in [4.69, 9.17) is 9.62 Å². The van der Waals surface area contributed by atoms with Crippen LogP contribution in [0.1, 0.15) is 0 Å². The van der Waals surface area contributed by atoms with E-state index in [0.29, 0.717) is 16.1 Å². The van der Waals surface area contributed by atoms with Crippen molar-refractivity contribution >= 4 is 11.2 Å². The topological polar surface area (TPSA) is 64.1 Å². The molecule has 0 unspecified atom stereocenters. The van der Waals surface area contributed by atoms with Crippen molar-refractivity contribution in [3.8, 4) is 0 Å². The average molecular weight is 125 g/mol. The zero-order valence-corrected chi connectivity index (χ0v) is 4.35. The van der Waals surface area contributed by atoms with Crippen molar-refractivity contribution in [2.45, 2.75) is 0 Å². The third kappa shape index (κ3) is 0.426. The first-order chi connectivity index (χ1) is 4.38. The Morgan fingerprint density at radius 3 is 3.33 bits per heavy atom. The van der Waals surface area contributed by atoms with Crippen LogP contribution in [0.5, 0.6) is 0 Å². The third-order valence-corrected chi connectivity index (χ3v) is 1.05. The summed E-state index contributed by atoms with van der Waals surface area (Å²) in [7, 11) is 0. The molecule has 0 fully saturated rings. The summed E-state index contributed by atoms with van der Waals surface area (Å²) in [6.07, 6.45) is 2.64. The molecule has 5 heteroatoms. The molecule has 2 aromatic rings. The normalized spacial score (nSPS) is 10.7. The molecule has 2 rings (SSSR count). The molecule has 5 nitrogen and oxygen atoms in total. The number of oxazole rings is 1. The van der Waals surface area contributed by atoms with E-state index in [-0.39, 0.29) is 0 Å². The maximum absolute atomic E-state index is 8.78. The fraction of sp³-hybridized carbons (Fsp3) is 0. The quantitative estimate of drug-likeness (QED) is 0.513. The molecule has 0 aliphatic heterocycles. The van der Waals surface area contributed by atoms with Gasteiger partial charge < -0.3 is 9.62 Å². The Hall–Kier alpha value is -1.52. The van der Waals surface area contributed by atoms with E-state index in [1.165, 1.54) is 12.6 Å². The van der Waals surface area contributed by atoms with Gasteiger partial charge in [0.2, 0.25) is 5.65 Å². The van der Waals surface area contributed by atoms with Crippen LogP contribution in [-0.4, -0.2) is 20.1 Å². The second kappa shape index (κ2) is 1.25. The van der Waals surface area contributed by atoms with Crippen LogP contribution in [0.4, 0.5) is 0 Å². The number of rotatable bonds is 0. The van der Waals surface area contributed by atoms with Gasteiger partial charge in [-0.1, -0.05) is 4.85 Å². The molecule has 0 aliphatic rings. The molecule has 0 aliphatic carbocycles. The smallest absolute Gasteiger partial charge is 0.237 e. The van der Waals surface area contributed by atoms with E-state index in [9.17, 15) is 0 Å². The molecule has 2 heterocycles. The maximum atomic E-state index is 8.78. The van der Waals surface area contributed by atoms with E-state index in [1.807, 2.05) is 0 Å². The Morgan fingerprint density at radius 1 is 1.67 bits per heavy atom. The Bertz CT molecular complexity index is 323. The largest absolute Gasteiger partial charge is 0.440 e. The van der Waals surface area contributed by atoms with Crippen molar-refractivity contribution < 1.29 is 9.62 Å². The minimum Gasteiger partial charge on any atom is -0.440 e. The molecule has 0 atom stereocenters. The zero-order valence-electron chi connectivity index (χ0n) is 4.35. The van der Waals surface area contributed by atoms with Gasteiger partial charge in [0.1, 0.15) is 0 Å². The van der Waals surface area contributed by atoms with Gasteiger partial charge in [-0.3, -0.25) is 0 Å². The van der Waals surface area contributed by atoms with Gasteiger partial charge in [-0.15, -0.1) is 5.10 Å². The molecule has 9 heavy (non-hydrogen) atoms. The lowest BCUT2D eigenvalue weighted by molar-refractivity contribution is 0.159. The summed E-state index contributed by atoms with van der Waals surface area (Å²) in [5.74, 6) is 0. The summed E-state index contributed by atoms with van der Waals surface area (Å²) in [6, 6.07) is 0. The van der Waals surface area contributed by atoms with Crippen molar-refractivity contribution in [2.24, 2.45) is 0 Å². The van der Waals surface area contributed by atoms with Crippen LogP contribution in [0.25, 0.3) is 11.2 Å². The number of aromatic nitrogens is 3. The molecular weight excluding hydrogens is 122 g/mol. The van der Waals surface area contributed by atoms with Crippen molar-refractivity contribution in [3.63, 3.8) is 0 Å². The SMILES string of the molecule is On1ncc2ocnc21. The van der Waals surface area contributed by atoms with Gasteiger partial charge in [-0.05, 0) is 0 Å². The Labute approximate surface area is 49.5 Å². The molecular formula is C4H3N3O2. The zero-order chi connectivity index (χ0) is 6.27. The van der Waals surface area contributed by atoms with Crippen LogP contribution in [-0.2, 0) is 0 Å². The Kier molecular flexibility index (Phi) is 0.606. The first-order valence-corrected chi connectivity index (χ1v) is 2.34. The molecule has 0 bridgehead atoms. The molecule has 0 saturated carbocycles. The predicted octanol–water partition coefficient (Wildman–Crippen LogP) is 0.262. The third-order valence-electron chi connectivity index (χ3n) is 1.05. The fourth-order valence-corrected chi connectivity index (χ4v) is 0.650. The van der Waals surface area contributed by atoms with Crippen LogP contribution in [0.3, 0.4) is 0 Å². The highest BCUT2D eigenvalue weighted by atomic mass is 16.5. The second-order valence-corrected chi connectivity index (χ2v) is 1.57. The first kappa shape index (κ1) is 4.37. The van der Waals surface area contributed by atoms with Gasteiger partial charge in [0.05, 0.1) is 6.20 Å². The van der Waals surface area contributed by atoms with Crippen molar-refractivity contribution in [2.75, 3.05) is 0 Å². The van der Waals surface area contributed by atoms with Gasteiger partial charge in [0.25, 0.3) is 0 Å². The summed E-state index contributed by atoms with van der Waals surface area (Å²) in [5.41, 5.74) is 0.826. The monoisotopic (exact) mass is 125 g/mol. The van der Waals surface area contributed by atoms with Crippen molar-refractivity contribution in [1.29, 1.82) is 0 Å². The molecule has 0 amide bonds. The Balaban J connectivity index is 2.99. The molecule has 0 aromatic carbocycles. The molecule has 0 radical (unpaired) electrons. The van der Waals surface area contributed by atoms with Crippen LogP contribution in [0, 0.1) is 0 Å². The number of hydrogen-bond donors (Lipinski definition) is 1. The van der Waals surface area contributed by atoms with E-state index >= 15 is 0 Å². The Morgan fingerprint density at radius 2 is 2.56 bits per heavy atom. The van der Waals surface area contributed by atoms with E-state index < -0.39 is 0 Å². The average Bonchev–Trinajstić information content (AvgIpc) is 2.35. The minimum absolute atomic E-state index is 0.343. The van der Waals surface area contributed by atoms with Crippen LogP contribution in [0.15, 0.2) is 17.0 Å². The fourth-order valence-electron chi connectivity index (χ4n) is 0.650. The highest BCUT2D eigenvalue weighted by Crippen LogP contribution is 2.07. The standard InChI is InChI=1S/C4H3N3O2/c8-7-4-3(1-6-7)9-2-5-4/h1-2,8H. The summed E-state index contributed by atoms with van der Waals surface area (Å²) < 4.78 is 4.78. The summed E-state index contributed by atoms with van der Waals surface area (Å²) >= 11 is 0. The van der Waals surface area contributed by atoms with Crippen LogP contribution < -0.4 is 0 Å². The number of hydrogen-bond acceptors (Lipinski definition) is 4. The highest BCUT2D eigenvalue weighted by molar-refractivity contribution is 5.65. The highest BCUT2D eigenvalue weighted by Gasteiger charge is 2.02. The van der Waals surface area contributed by atoms with Crippen LogP contribution in [0.2, 0.25) is 0 Å². The molecule has 0 spiro atoms. The van der Waals surface area contributed by atoms with Crippen molar-refractivity contribution in [3.05, 3.63) is 12.6 Å². The summed E-state index contributed by atoms with van der Waals surface area (Å²) in [6.45, 7) is 0. The van der Waals surface area contributed by atoms with Crippen molar-refractivity contribution in [1.82, 2.24) is 14.9 Å². The van der Waals surface area contributed by atoms with Gasteiger partial charge >= 0.3 is 0 Å². The first-order valence-electron chi connectivity index (χ1n) is 2.34. The van der Waals surface area contributed by atoms with E-state index in [0.717, 1.165) is 0 Å². The number of fused-ring (bicyclic) bond motifs is 1. The van der Waals surface area contributed by atoms with E-state index in [1.54, 1.807) is 0 Å². The molecule has 46 valence electrons. The molecule has 1 N–H and O–H groups in total. The lowest BCUT2D eigenvalue weighted by Crippen LogP contribution is -1.90. The lowest BCUT2D eigenvalue weighted by atomic mass is 10.7. The van der Waals surface area contributed by atoms with Gasteiger partial charge in [0, 0.05) is 0 Å². The lowest BCUT2D eigenvalue weighted by Gasteiger charge is -1.80.